The normalized spacial score (nSPS) is 11.7. The summed E-state index contributed by atoms with van der Waals surface area (Å²) in [5, 5.41) is 2.15. The number of nitrogens with two attached hydrogens (primary N) is 1. The Balaban J connectivity index is 2.22. The van der Waals surface area contributed by atoms with E-state index < -0.39 is 9.84 Å². The minimum Gasteiger partial charge on any atom is -0.492 e. The van der Waals surface area contributed by atoms with Gasteiger partial charge in [-0.1, -0.05) is 37.3 Å². The molecule has 0 bridgehead atoms. The van der Waals surface area contributed by atoms with Crippen molar-refractivity contribution >= 4 is 20.6 Å². The number of hydrogen-bond acceptors (Lipinski definition) is 4. The second-order valence-electron chi connectivity index (χ2n) is 4.55. The highest BCUT2D eigenvalue weighted by Crippen LogP contribution is 2.27. The lowest BCUT2D eigenvalue weighted by Gasteiger charge is -2.13. The molecule has 0 heterocycles. The van der Waals surface area contributed by atoms with Crippen molar-refractivity contribution in [2.75, 3.05) is 18.1 Å². The third kappa shape index (κ3) is 3.29. The smallest absolute Gasteiger partial charge is 0.153 e. The van der Waals surface area contributed by atoms with Gasteiger partial charge < -0.3 is 10.5 Å². The largest absolute Gasteiger partial charge is 0.492 e. The average molecular weight is 293 g/mol. The summed E-state index contributed by atoms with van der Waals surface area (Å²) in [5.74, 6) is 0.829. The van der Waals surface area contributed by atoms with Crippen LogP contribution in [-0.4, -0.2) is 26.5 Å². The number of hydrogen-bond donors (Lipinski definition) is 1. The van der Waals surface area contributed by atoms with Crippen molar-refractivity contribution in [2.45, 2.75) is 13.5 Å². The van der Waals surface area contributed by atoms with Gasteiger partial charge in [0.25, 0.3) is 0 Å². The van der Waals surface area contributed by atoms with E-state index in [0.29, 0.717) is 12.3 Å². The summed E-state index contributed by atoms with van der Waals surface area (Å²) in [5.41, 5.74) is 6.72. The van der Waals surface area contributed by atoms with Crippen LogP contribution in [0.3, 0.4) is 0 Å². The summed E-state index contributed by atoms with van der Waals surface area (Å²) < 4.78 is 28.5. The fraction of sp³-hybridized carbons (Fsp3) is 0.333. The first-order valence-corrected chi connectivity index (χ1v) is 8.43. The van der Waals surface area contributed by atoms with Crippen LogP contribution in [0.4, 0.5) is 0 Å². The maximum absolute atomic E-state index is 11.5. The molecular weight excluding hydrogens is 274 g/mol. The number of ether oxygens (including phenoxy) is 1. The molecule has 4 nitrogen and oxygen atoms in total. The Morgan fingerprint density at radius 1 is 1.15 bits per heavy atom. The van der Waals surface area contributed by atoms with Gasteiger partial charge in [0.05, 0.1) is 5.75 Å². The van der Waals surface area contributed by atoms with Crippen molar-refractivity contribution in [3.8, 4) is 5.75 Å². The second-order valence-corrected chi connectivity index (χ2v) is 7.03. The zero-order chi connectivity index (χ0) is 14.6. The zero-order valence-electron chi connectivity index (χ0n) is 11.5. The van der Waals surface area contributed by atoms with Gasteiger partial charge in [-0.15, -0.1) is 0 Å². The standard InChI is InChI=1S/C15H19NO3S/c1-2-20(17,18)10-9-19-15-8-7-12-5-3-4-6-13(12)14(15)11-16/h3-8H,2,9-11,16H2,1H3. The molecule has 0 amide bonds. The van der Waals surface area contributed by atoms with E-state index in [4.69, 9.17) is 10.5 Å². The van der Waals surface area contributed by atoms with E-state index >= 15 is 0 Å². The molecule has 2 aromatic rings. The highest BCUT2D eigenvalue weighted by Gasteiger charge is 2.10. The monoisotopic (exact) mass is 293 g/mol. The Kier molecular flexibility index (Phi) is 4.62. The van der Waals surface area contributed by atoms with Crippen LogP contribution in [0.15, 0.2) is 36.4 Å². The zero-order valence-corrected chi connectivity index (χ0v) is 12.3. The fourth-order valence-corrected chi connectivity index (χ4v) is 2.71. The Morgan fingerprint density at radius 3 is 2.60 bits per heavy atom. The Bertz CT molecular complexity index is 695. The van der Waals surface area contributed by atoms with Crippen LogP contribution in [0.25, 0.3) is 10.8 Å². The summed E-state index contributed by atoms with van der Waals surface area (Å²) in [6, 6.07) is 11.7. The third-order valence-corrected chi connectivity index (χ3v) is 4.96. The summed E-state index contributed by atoms with van der Waals surface area (Å²) >= 11 is 0. The molecule has 0 saturated heterocycles. The second kappa shape index (κ2) is 6.24. The molecular formula is C15H19NO3S. The molecule has 2 aromatic carbocycles. The Hall–Kier alpha value is -1.59. The molecule has 0 aliphatic carbocycles. The van der Waals surface area contributed by atoms with Gasteiger partial charge in [0.15, 0.2) is 9.84 Å². The van der Waals surface area contributed by atoms with Gasteiger partial charge in [-0.25, -0.2) is 8.42 Å². The minimum absolute atomic E-state index is 0.0281. The molecule has 0 saturated carbocycles. The quantitative estimate of drug-likeness (QED) is 0.885. The fourth-order valence-electron chi connectivity index (χ4n) is 2.08. The van der Waals surface area contributed by atoms with Crippen LogP contribution in [0.1, 0.15) is 12.5 Å². The minimum atomic E-state index is -3.01. The summed E-state index contributed by atoms with van der Waals surface area (Å²) in [6.45, 7) is 2.15. The average Bonchev–Trinajstić information content (AvgIpc) is 2.46. The van der Waals surface area contributed by atoms with Crippen molar-refractivity contribution in [2.24, 2.45) is 5.73 Å². The topological polar surface area (TPSA) is 69.4 Å². The van der Waals surface area contributed by atoms with Crippen molar-refractivity contribution < 1.29 is 13.2 Å². The van der Waals surface area contributed by atoms with E-state index in [2.05, 4.69) is 0 Å². The van der Waals surface area contributed by atoms with Crippen molar-refractivity contribution in [1.29, 1.82) is 0 Å². The lowest BCUT2D eigenvalue weighted by atomic mass is 10.0. The van der Waals surface area contributed by atoms with E-state index in [1.165, 1.54) is 0 Å². The Labute approximate surface area is 119 Å². The van der Waals surface area contributed by atoms with Crippen molar-refractivity contribution in [3.63, 3.8) is 0 Å². The van der Waals surface area contributed by atoms with Crippen molar-refractivity contribution in [1.82, 2.24) is 0 Å². The van der Waals surface area contributed by atoms with Gasteiger partial charge in [0, 0.05) is 17.9 Å². The molecule has 2 rings (SSSR count). The maximum atomic E-state index is 11.5. The lowest BCUT2D eigenvalue weighted by molar-refractivity contribution is 0.338. The van der Waals surface area contributed by atoms with Gasteiger partial charge in [0.2, 0.25) is 0 Å². The molecule has 2 N–H and O–H groups in total. The summed E-state index contributed by atoms with van der Waals surface area (Å²) in [7, 11) is -3.01. The molecule has 0 unspecified atom stereocenters. The number of benzene rings is 2. The van der Waals surface area contributed by atoms with Crippen LogP contribution in [0.5, 0.6) is 5.75 Å². The SMILES string of the molecule is CCS(=O)(=O)CCOc1ccc2ccccc2c1CN. The summed E-state index contributed by atoms with van der Waals surface area (Å²) in [6.07, 6.45) is 0. The van der Waals surface area contributed by atoms with Crippen molar-refractivity contribution in [3.05, 3.63) is 42.0 Å². The molecule has 0 fully saturated rings. The van der Waals surface area contributed by atoms with E-state index in [9.17, 15) is 8.42 Å². The molecule has 0 radical (unpaired) electrons. The maximum Gasteiger partial charge on any atom is 0.153 e. The van der Waals surface area contributed by atoms with Gasteiger partial charge in [-0.3, -0.25) is 0 Å². The van der Waals surface area contributed by atoms with Gasteiger partial charge in [-0.05, 0) is 16.8 Å². The third-order valence-electron chi connectivity index (χ3n) is 3.29. The van der Waals surface area contributed by atoms with Gasteiger partial charge in [-0.2, -0.15) is 0 Å². The molecule has 0 aliphatic rings. The number of rotatable bonds is 6. The van der Waals surface area contributed by atoms with Crippen LogP contribution in [-0.2, 0) is 16.4 Å². The molecule has 0 aliphatic heterocycles. The number of sulfone groups is 1. The molecule has 0 spiro atoms. The molecule has 0 atom stereocenters. The lowest BCUT2D eigenvalue weighted by Crippen LogP contribution is -2.16. The van der Waals surface area contributed by atoms with Gasteiger partial charge >= 0.3 is 0 Å². The van der Waals surface area contributed by atoms with Crippen LogP contribution in [0.2, 0.25) is 0 Å². The predicted molar refractivity (Wildman–Crippen MR) is 81.7 cm³/mol. The van der Waals surface area contributed by atoms with Crippen LogP contribution >= 0.6 is 0 Å². The van der Waals surface area contributed by atoms with Crippen LogP contribution < -0.4 is 10.5 Å². The molecule has 0 aromatic heterocycles. The molecule has 108 valence electrons. The Morgan fingerprint density at radius 2 is 1.90 bits per heavy atom. The van der Waals surface area contributed by atoms with E-state index in [1.807, 2.05) is 36.4 Å². The first-order chi connectivity index (χ1) is 9.57. The molecule has 5 heteroatoms. The van der Waals surface area contributed by atoms with E-state index in [0.717, 1.165) is 16.3 Å². The van der Waals surface area contributed by atoms with Gasteiger partial charge in [0.1, 0.15) is 12.4 Å². The van der Waals surface area contributed by atoms with Crippen LogP contribution in [0, 0.1) is 0 Å². The first kappa shape index (κ1) is 14.8. The van der Waals surface area contributed by atoms with E-state index in [-0.39, 0.29) is 18.1 Å². The predicted octanol–water partition coefficient (Wildman–Crippen LogP) is 2.11. The van der Waals surface area contributed by atoms with E-state index in [1.54, 1.807) is 6.92 Å². The number of fused-ring (bicyclic) bond motifs is 1. The highest BCUT2D eigenvalue weighted by atomic mass is 32.2. The molecule has 20 heavy (non-hydrogen) atoms. The first-order valence-electron chi connectivity index (χ1n) is 6.61. The highest BCUT2D eigenvalue weighted by molar-refractivity contribution is 7.91. The summed E-state index contributed by atoms with van der Waals surface area (Å²) in [4.78, 5) is 0.